The quantitative estimate of drug-likeness (QED) is 0.789. The molecule has 1 N–H and O–H groups in total. The Morgan fingerprint density at radius 3 is 2.80 bits per heavy atom. The molecule has 1 atom stereocenters. The summed E-state index contributed by atoms with van der Waals surface area (Å²) in [4.78, 5) is 37.6. The molecular weight excluding hydrogens is 324 g/mol. The minimum atomic E-state index is -0.523. The molecular formula is C18H24N2O5. The maximum Gasteiger partial charge on any atom is 0.311 e. The molecule has 2 aliphatic rings. The molecule has 25 heavy (non-hydrogen) atoms. The summed E-state index contributed by atoms with van der Waals surface area (Å²) >= 11 is 0. The van der Waals surface area contributed by atoms with Crippen LogP contribution in [0.4, 0.5) is 0 Å². The van der Waals surface area contributed by atoms with E-state index in [1.807, 2.05) is 0 Å². The van der Waals surface area contributed by atoms with Gasteiger partial charge in [-0.3, -0.25) is 14.4 Å². The number of nitrogens with zero attached hydrogens (tertiary/aromatic N) is 1. The number of esters is 1. The first-order valence-corrected chi connectivity index (χ1v) is 8.88. The van der Waals surface area contributed by atoms with Gasteiger partial charge in [-0.2, -0.15) is 0 Å². The molecule has 3 rings (SSSR count). The number of amides is 2. The summed E-state index contributed by atoms with van der Waals surface area (Å²) in [6, 6.07) is 3.73. The molecule has 0 radical (unpaired) electrons. The van der Waals surface area contributed by atoms with Crippen LogP contribution in [0.25, 0.3) is 0 Å². The SMILES string of the molecule is O=C(COC(=O)[C@H]1CC(=O)N(Cc2ccco2)C1)NC1CCCCC1. The second-order valence-electron chi connectivity index (χ2n) is 6.76. The number of carbonyl (C=O) groups excluding carboxylic acids is 3. The van der Waals surface area contributed by atoms with Crippen LogP contribution in [0, 0.1) is 5.92 Å². The fraction of sp³-hybridized carbons (Fsp3) is 0.611. The third kappa shape index (κ3) is 4.84. The zero-order valence-electron chi connectivity index (χ0n) is 14.2. The van der Waals surface area contributed by atoms with Gasteiger partial charge in [0, 0.05) is 19.0 Å². The first-order chi connectivity index (χ1) is 12.1. The third-order valence-electron chi connectivity index (χ3n) is 4.79. The molecule has 2 heterocycles. The van der Waals surface area contributed by atoms with Gasteiger partial charge in [0.15, 0.2) is 6.61 Å². The van der Waals surface area contributed by atoms with Gasteiger partial charge < -0.3 is 19.4 Å². The monoisotopic (exact) mass is 348 g/mol. The smallest absolute Gasteiger partial charge is 0.311 e. The second kappa shape index (κ2) is 8.18. The van der Waals surface area contributed by atoms with Gasteiger partial charge in [-0.15, -0.1) is 0 Å². The lowest BCUT2D eigenvalue weighted by atomic mass is 9.95. The molecule has 1 aromatic heterocycles. The Morgan fingerprint density at radius 1 is 1.28 bits per heavy atom. The van der Waals surface area contributed by atoms with Crippen molar-refractivity contribution in [1.82, 2.24) is 10.2 Å². The number of furan rings is 1. The zero-order chi connectivity index (χ0) is 17.6. The van der Waals surface area contributed by atoms with E-state index in [1.165, 1.54) is 6.42 Å². The van der Waals surface area contributed by atoms with Gasteiger partial charge in [0.2, 0.25) is 5.91 Å². The molecule has 2 amide bonds. The first-order valence-electron chi connectivity index (χ1n) is 8.88. The Bertz CT molecular complexity index is 607. The predicted molar refractivity (Wildman–Crippen MR) is 88.2 cm³/mol. The summed E-state index contributed by atoms with van der Waals surface area (Å²) in [6.45, 7) is 0.360. The van der Waals surface area contributed by atoms with Crippen molar-refractivity contribution in [1.29, 1.82) is 0 Å². The fourth-order valence-corrected chi connectivity index (χ4v) is 3.44. The Hall–Kier alpha value is -2.31. The number of ether oxygens (including phenoxy) is 1. The number of rotatable bonds is 6. The van der Waals surface area contributed by atoms with Crippen molar-refractivity contribution >= 4 is 17.8 Å². The van der Waals surface area contributed by atoms with E-state index < -0.39 is 11.9 Å². The highest BCUT2D eigenvalue weighted by Crippen LogP contribution is 2.21. The van der Waals surface area contributed by atoms with E-state index in [4.69, 9.17) is 9.15 Å². The van der Waals surface area contributed by atoms with E-state index >= 15 is 0 Å². The minimum absolute atomic E-state index is 0.106. The Balaban J connectivity index is 1.40. The summed E-state index contributed by atoms with van der Waals surface area (Å²) in [5.41, 5.74) is 0. The molecule has 0 bridgehead atoms. The molecule has 1 aliphatic carbocycles. The van der Waals surface area contributed by atoms with E-state index in [1.54, 1.807) is 23.3 Å². The van der Waals surface area contributed by atoms with Crippen LogP contribution in [-0.4, -0.2) is 41.9 Å². The second-order valence-corrected chi connectivity index (χ2v) is 6.76. The predicted octanol–water partition coefficient (Wildman–Crippen LogP) is 1.62. The molecule has 0 unspecified atom stereocenters. The highest BCUT2D eigenvalue weighted by Gasteiger charge is 2.36. The van der Waals surface area contributed by atoms with E-state index in [0.29, 0.717) is 18.8 Å². The van der Waals surface area contributed by atoms with Gasteiger partial charge in [0.25, 0.3) is 5.91 Å². The lowest BCUT2D eigenvalue weighted by molar-refractivity contribution is -0.152. The summed E-state index contributed by atoms with van der Waals surface area (Å²) in [5.74, 6) is -0.713. The van der Waals surface area contributed by atoms with Crippen LogP contribution in [0.5, 0.6) is 0 Å². The van der Waals surface area contributed by atoms with Crippen molar-refractivity contribution in [2.24, 2.45) is 5.92 Å². The van der Waals surface area contributed by atoms with Gasteiger partial charge in [-0.1, -0.05) is 19.3 Å². The molecule has 1 saturated carbocycles. The number of hydrogen-bond acceptors (Lipinski definition) is 5. The average Bonchev–Trinajstić information content (AvgIpc) is 3.24. The van der Waals surface area contributed by atoms with Crippen molar-refractivity contribution < 1.29 is 23.5 Å². The summed E-state index contributed by atoms with van der Waals surface area (Å²) in [5, 5.41) is 2.91. The lowest BCUT2D eigenvalue weighted by Crippen LogP contribution is -2.39. The highest BCUT2D eigenvalue weighted by molar-refractivity contribution is 5.88. The van der Waals surface area contributed by atoms with Gasteiger partial charge in [0.1, 0.15) is 5.76 Å². The third-order valence-corrected chi connectivity index (χ3v) is 4.79. The van der Waals surface area contributed by atoms with Crippen molar-refractivity contribution in [3.05, 3.63) is 24.2 Å². The summed E-state index contributed by atoms with van der Waals surface area (Å²) in [6.07, 6.45) is 7.10. The molecule has 7 heteroatoms. The summed E-state index contributed by atoms with van der Waals surface area (Å²) in [7, 11) is 0. The molecule has 0 aromatic carbocycles. The highest BCUT2D eigenvalue weighted by atomic mass is 16.5. The van der Waals surface area contributed by atoms with Crippen molar-refractivity contribution in [3.63, 3.8) is 0 Å². The maximum atomic E-state index is 12.1. The van der Waals surface area contributed by atoms with E-state index in [2.05, 4.69) is 5.32 Å². The van der Waals surface area contributed by atoms with Crippen molar-refractivity contribution in [2.45, 2.75) is 51.1 Å². The van der Waals surface area contributed by atoms with Crippen molar-refractivity contribution in [3.8, 4) is 0 Å². The zero-order valence-corrected chi connectivity index (χ0v) is 14.2. The first kappa shape index (κ1) is 17.5. The van der Waals surface area contributed by atoms with Crippen LogP contribution in [0.3, 0.4) is 0 Å². The maximum absolute atomic E-state index is 12.1. The Kier molecular flexibility index (Phi) is 5.73. The number of carbonyl (C=O) groups is 3. The average molecular weight is 348 g/mol. The van der Waals surface area contributed by atoms with Crippen LogP contribution < -0.4 is 5.32 Å². The molecule has 1 aliphatic heterocycles. The largest absolute Gasteiger partial charge is 0.467 e. The van der Waals surface area contributed by atoms with Crippen LogP contribution in [0.2, 0.25) is 0 Å². The van der Waals surface area contributed by atoms with Crippen LogP contribution >= 0.6 is 0 Å². The van der Waals surface area contributed by atoms with Crippen LogP contribution in [0.15, 0.2) is 22.8 Å². The molecule has 0 spiro atoms. The van der Waals surface area contributed by atoms with Crippen LogP contribution in [0.1, 0.15) is 44.3 Å². The molecule has 7 nitrogen and oxygen atoms in total. The fourth-order valence-electron chi connectivity index (χ4n) is 3.44. The molecule has 136 valence electrons. The topological polar surface area (TPSA) is 88.9 Å². The normalized spacial score (nSPS) is 21.4. The minimum Gasteiger partial charge on any atom is -0.467 e. The van der Waals surface area contributed by atoms with Crippen LogP contribution in [-0.2, 0) is 25.7 Å². The van der Waals surface area contributed by atoms with E-state index in [9.17, 15) is 14.4 Å². The van der Waals surface area contributed by atoms with E-state index in [-0.39, 0.29) is 30.9 Å². The Morgan fingerprint density at radius 2 is 2.08 bits per heavy atom. The Labute approximate surface area is 146 Å². The summed E-state index contributed by atoms with van der Waals surface area (Å²) < 4.78 is 10.3. The van der Waals surface area contributed by atoms with E-state index in [0.717, 1.165) is 25.7 Å². The number of nitrogens with one attached hydrogen (secondary N) is 1. The number of hydrogen-bond donors (Lipinski definition) is 1. The molecule has 1 aromatic rings. The van der Waals surface area contributed by atoms with Crippen molar-refractivity contribution in [2.75, 3.05) is 13.2 Å². The molecule has 1 saturated heterocycles. The van der Waals surface area contributed by atoms with Gasteiger partial charge >= 0.3 is 5.97 Å². The lowest BCUT2D eigenvalue weighted by Gasteiger charge is -2.22. The van der Waals surface area contributed by atoms with Gasteiger partial charge in [0.05, 0.1) is 18.7 Å². The standard InChI is InChI=1S/C18H24N2O5/c21-16(19-14-5-2-1-3-6-14)12-25-18(23)13-9-17(22)20(10-13)11-15-7-4-8-24-15/h4,7-8,13-14H,1-3,5-6,9-12H2,(H,19,21)/t13-/m0/s1. The number of likely N-dealkylation sites (tertiary alicyclic amines) is 1. The van der Waals surface area contributed by atoms with Gasteiger partial charge in [-0.05, 0) is 25.0 Å². The van der Waals surface area contributed by atoms with Gasteiger partial charge in [-0.25, -0.2) is 0 Å². The molecule has 2 fully saturated rings.